The van der Waals surface area contributed by atoms with Crippen LogP contribution in [0.2, 0.25) is 0 Å². The van der Waals surface area contributed by atoms with Gasteiger partial charge in [-0.25, -0.2) is 0 Å². The molecule has 2 aromatic heterocycles. The second-order valence-electron chi connectivity index (χ2n) is 12.8. The summed E-state index contributed by atoms with van der Waals surface area (Å²) in [6.07, 6.45) is 39.9. The molecule has 0 aliphatic heterocycles. The van der Waals surface area contributed by atoms with Crippen LogP contribution in [0.1, 0.15) is 162 Å². The van der Waals surface area contributed by atoms with Gasteiger partial charge in [-0.3, -0.25) is 9.98 Å². The van der Waals surface area contributed by atoms with Gasteiger partial charge in [0, 0.05) is 51.0 Å². The number of hydrogen-bond donors (Lipinski definition) is 0. The predicted octanol–water partition coefficient (Wildman–Crippen LogP) is 12.0. The normalized spacial score (nSPS) is 10.7. The number of aryl methyl sites for hydroxylation is 2. The van der Waals surface area contributed by atoms with E-state index in [2.05, 4.69) is 72.0 Å². The lowest BCUT2D eigenvalue weighted by molar-refractivity contribution is 0.527. The topological polar surface area (TPSA) is 34.6 Å². The van der Waals surface area contributed by atoms with Crippen LogP contribution in [0.15, 0.2) is 59.0 Å². The molecule has 4 nitrogen and oxygen atoms in total. The average molecular weight is 755 g/mol. The van der Waals surface area contributed by atoms with Gasteiger partial charge >= 0.3 is 0 Å². The molecule has 260 valence electrons. The number of pyridine rings is 2. The van der Waals surface area contributed by atoms with E-state index in [0.29, 0.717) is 0 Å². The SMILES string of the molecule is Br.Br.CCCCCCCCCCN=c1ccn(CCCCCCCCCn2ccc(=NCCCCCCCCCC)cc2)cc1. The van der Waals surface area contributed by atoms with Crippen LogP contribution < -0.4 is 10.7 Å². The summed E-state index contributed by atoms with van der Waals surface area (Å²) in [5.74, 6) is 0. The molecule has 0 amide bonds. The summed E-state index contributed by atoms with van der Waals surface area (Å²) in [4.78, 5) is 9.54. The van der Waals surface area contributed by atoms with E-state index in [9.17, 15) is 0 Å². The van der Waals surface area contributed by atoms with Gasteiger partial charge in [0.25, 0.3) is 0 Å². The first-order chi connectivity index (χ1) is 21.3. The molecule has 0 saturated heterocycles. The molecule has 2 heterocycles. The Hall–Kier alpha value is -1.14. The van der Waals surface area contributed by atoms with Gasteiger partial charge in [0.2, 0.25) is 0 Å². The summed E-state index contributed by atoms with van der Waals surface area (Å²) in [7, 11) is 0. The van der Waals surface area contributed by atoms with E-state index in [0.717, 1.165) is 36.9 Å². The smallest absolute Gasteiger partial charge is 0.0603 e. The second kappa shape index (κ2) is 32.8. The average Bonchev–Trinajstić information content (AvgIpc) is 3.03. The van der Waals surface area contributed by atoms with Gasteiger partial charge in [-0.05, 0) is 49.9 Å². The second-order valence-corrected chi connectivity index (χ2v) is 12.8. The number of rotatable bonds is 28. The highest BCUT2D eigenvalue weighted by Gasteiger charge is 1.96. The number of halogens is 2. The molecule has 2 rings (SSSR count). The van der Waals surface area contributed by atoms with Crippen LogP contribution in [0, 0.1) is 0 Å². The highest BCUT2D eigenvalue weighted by molar-refractivity contribution is 8.93. The maximum Gasteiger partial charge on any atom is 0.0603 e. The Balaban J connectivity index is 0.00000968. The summed E-state index contributed by atoms with van der Waals surface area (Å²) < 4.78 is 4.64. The highest BCUT2D eigenvalue weighted by Crippen LogP contribution is 2.10. The molecule has 0 unspecified atom stereocenters. The minimum Gasteiger partial charge on any atom is -0.354 e. The zero-order valence-electron chi connectivity index (χ0n) is 29.3. The van der Waals surface area contributed by atoms with Crippen molar-refractivity contribution in [2.75, 3.05) is 13.1 Å². The van der Waals surface area contributed by atoms with Gasteiger partial charge in [0.15, 0.2) is 0 Å². The predicted molar refractivity (Wildman–Crippen MR) is 208 cm³/mol. The van der Waals surface area contributed by atoms with Gasteiger partial charge in [-0.2, -0.15) is 0 Å². The van der Waals surface area contributed by atoms with Crippen molar-refractivity contribution in [3.05, 3.63) is 59.8 Å². The minimum absolute atomic E-state index is 0. The third kappa shape index (κ3) is 25.6. The molecule has 0 bridgehead atoms. The molecule has 6 heteroatoms. The lowest BCUT2D eigenvalue weighted by atomic mass is 10.1. The number of hydrogen-bond acceptors (Lipinski definition) is 2. The van der Waals surface area contributed by atoms with E-state index < -0.39 is 0 Å². The van der Waals surface area contributed by atoms with Crippen LogP contribution in [0.25, 0.3) is 0 Å². The number of nitrogens with zero attached hydrogens (tertiary/aromatic N) is 4. The van der Waals surface area contributed by atoms with Crippen molar-refractivity contribution in [1.82, 2.24) is 9.13 Å². The van der Waals surface area contributed by atoms with Crippen LogP contribution in [-0.2, 0) is 13.1 Å². The van der Waals surface area contributed by atoms with Crippen molar-refractivity contribution in [2.45, 2.75) is 175 Å². The zero-order chi connectivity index (χ0) is 30.5. The van der Waals surface area contributed by atoms with Crippen molar-refractivity contribution >= 4 is 34.0 Å². The first-order valence-corrected chi connectivity index (χ1v) is 18.6. The van der Waals surface area contributed by atoms with Gasteiger partial charge in [0.1, 0.15) is 0 Å². The van der Waals surface area contributed by atoms with Crippen LogP contribution in [0.3, 0.4) is 0 Å². The molecule has 0 spiro atoms. The van der Waals surface area contributed by atoms with E-state index in [1.165, 1.54) is 148 Å². The van der Waals surface area contributed by atoms with Crippen LogP contribution >= 0.6 is 34.0 Å². The molecule has 2 aromatic rings. The van der Waals surface area contributed by atoms with E-state index in [4.69, 9.17) is 9.98 Å². The Labute approximate surface area is 299 Å². The molecular weight excluding hydrogens is 684 g/mol. The monoisotopic (exact) mass is 752 g/mol. The van der Waals surface area contributed by atoms with Crippen molar-refractivity contribution in [2.24, 2.45) is 9.98 Å². The van der Waals surface area contributed by atoms with Crippen LogP contribution in [0.4, 0.5) is 0 Å². The van der Waals surface area contributed by atoms with Crippen LogP contribution in [0.5, 0.6) is 0 Å². The Kier molecular flexibility index (Phi) is 32.0. The number of unbranched alkanes of at least 4 members (excludes halogenated alkanes) is 20. The first kappa shape index (κ1) is 43.9. The Morgan fingerprint density at radius 1 is 0.378 bits per heavy atom. The molecule has 0 saturated carbocycles. The molecule has 0 aromatic carbocycles. The minimum atomic E-state index is 0. The summed E-state index contributed by atoms with van der Waals surface area (Å²) in [6.45, 7) is 8.75. The maximum atomic E-state index is 4.77. The highest BCUT2D eigenvalue weighted by atomic mass is 79.9. The van der Waals surface area contributed by atoms with E-state index >= 15 is 0 Å². The standard InChI is InChI=1S/C39H68N4.2BrH/c1-3-5-7-9-11-14-18-22-30-40-38-26-34-42(35-27-38)32-24-20-16-13-17-21-25-33-43-36-28-39(29-37-43)41-31-23-19-15-12-10-8-6-4-2;;/h26-29,34-37H,3-25,30-33H2,1-2H3;2*1H. The summed E-state index contributed by atoms with van der Waals surface area (Å²) in [5.41, 5.74) is 0. The van der Waals surface area contributed by atoms with Gasteiger partial charge in [0.05, 0.1) is 10.7 Å². The fourth-order valence-electron chi connectivity index (χ4n) is 5.79. The van der Waals surface area contributed by atoms with E-state index in [1.54, 1.807) is 0 Å². The van der Waals surface area contributed by atoms with Gasteiger partial charge in [-0.1, -0.05) is 136 Å². The molecule has 0 aliphatic rings. The first-order valence-electron chi connectivity index (χ1n) is 18.6. The Morgan fingerprint density at radius 3 is 0.956 bits per heavy atom. The van der Waals surface area contributed by atoms with Crippen molar-refractivity contribution in [3.63, 3.8) is 0 Å². The van der Waals surface area contributed by atoms with E-state index in [-0.39, 0.29) is 34.0 Å². The van der Waals surface area contributed by atoms with Gasteiger partial charge in [-0.15, -0.1) is 34.0 Å². The zero-order valence-corrected chi connectivity index (χ0v) is 32.7. The fourth-order valence-corrected chi connectivity index (χ4v) is 5.79. The van der Waals surface area contributed by atoms with Crippen molar-refractivity contribution in [3.8, 4) is 0 Å². The molecule has 0 N–H and O–H groups in total. The molecule has 0 radical (unpaired) electrons. The Morgan fingerprint density at radius 2 is 0.644 bits per heavy atom. The maximum absolute atomic E-state index is 4.77. The molecule has 0 aliphatic carbocycles. The summed E-state index contributed by atoms with van der Waals surface area (Å²) in [6, 6.07) is 8.73. The molecular formula is C39H70Br2N4. The number of aromatic nitrogens is 2. The third-order valence-electron chi connectivity index (χ3n) is 8.69. The quantitative estimate of drug-likeness (QED) is 0.0776. The molecule has 0 atom stereocenters. The fraction of sp³-hybridized carbons (Fsp3) is 0.744. The third-order valence-corrected chi connectivity index (χ3v) is 8.69. The van der Waals surface area contributed by atoms with Gasteiger partial charge < -0.3 is 9.13 Å². The van der Waals surface area contributed by atoms with Crippen molar-refractivity contribution < 1.29 is 0 Å². The van der Waals surface area contributed by atoms with E-state index in [1.807, 2.05) is 0 Å². The van der Waals surface area contributed by atoms with Crippen LogP contribution in [-0.4, -0.2) is 22.2 Å². The lowest BCUT2D eigenvalue weighted by Crippen LogP contribution is -2.07. The summed E-state index contributed by atoms with van der Waals surface area (Å²) in [5, 5.41) is 2.27. The largest absolute Gasteiger partial charge is 0.354 e. The Bertz CT molecular complexity index is 908. The lowest BCUT2D eigenvalue weighted by Gasteiger charge is -2.07. The van der Waals surface area contributed by atoms with Crippen molar-refractivity contribution in [1.29, 1.82) is 0 Å². The summed E-state index contributed by atoms with van der Waals surface area (Å²) >= 11 is 0. The molecule has 45 heavy (non-hydrogen) atoms. The molecule has 0 fully saturated rings.